The summed E-state index contributed by atoms with van der Waals surface area (Å²) < 4.78 is 28.8. The van der Waals surface area contributed by atoms with E-state index in [1.165, 1.54) is 0 Å². The zero-order chi connectivity index (χ0) is 11.6. The number of nitrogens with two attached hydrogens (primary N) is 1. The number of alkyl halides is 2. The Labute approximate surface area is 82.9 Å². The van der Waals surface area contributed by atoms with Crippen LogP contribution < -0.4 is 11.2 Å². The molecule has 0 amide bonds. The first kappa shape index (κ1) is 11.2. The van der Waals surface area contributed by atoms with Crippen molar-refractivity contribution in [3.05, 3.63) is 27.7 Å². The molecular weight excluding hydrogens is 210 g/mol. The molecule has 0 unspecified atom stereocenters. The van der Waals surface area contributed by atoms with E-state index < -0.39 is 34.9 Å². The van der Waals surface area contributed by atoms with Crippen LogP contribution in [0.3, 0.4) is 0 Å². The smallest absolute Gasteiger partial charge is 0.356 e. The minimum absolute atomic E-state index is 0.439. The SMILES string of the molecule is COC(=O)c1[nH]c(C(F)F)cc(=O)c1N. The van der Waals surface area contributed by atoms with Crippen molar-refractivity contribution in [2.75, 3.05) is 12.8 Å². The molecule has 0 atom stereocenters. The summed E-state index contributed by atoms with van der Waals surface area (Å²) in [4.78, 5) is 24.2. The molecule has 82 valence electrons. The monoisotopic (exact) mass is 218 g/mol. The van der Waals surface area contributed by atoms with Gasteiger partial charge in [0.15, 0.2) is 5.69 Å². The molecule has 1 aromatic heterocycles. The van der Waals surface area contributed by atoms with Crippen molar-refractivity contribution < 1.29 is 18.3 Å². The number of carbonyl (C=O) groups is 1. The first-order chi connectivity index (χ1) is 6.97. The lowest BCUT2D eigenvalue weighted by Crippen LogP contribution is -2.18. The standard InChI is InChI=1S/C8H8F2N2O3/c1-15-8(14)6-5(11)4(13)2-3(12-6)7(9)10/h2,7H,11H2,1H3,(H,12,13). The molecule has 0 saturated heterocycles. The molecule has 0 aliphatic rings. The van der Waals surface area contributed by atoms with Gasteiger partial charge in [0.2, 0.25) is 5.43 Å². The minimum atomic E-state index is -2.89. The lowest BCUT2D eigenvalue weighted by atomic mass is 10.2. The van der Waals surface area contributed by atoms with E-state index in [-0.39, 0.29) is 0 Å². The first-order valence-electron chi connectivity index (χ1n) is 3.86. The van der Waals surface area contributed by atoms with Gasteiger partial charge < -0.3 is 15.5 Å². The molecule has 1 rings (SSSR count). The second kappa shape index (κ2) is 4.07. The van der Waals surface area contributed by atoms with Gasteiger partial charge in [-0.2, -0.15) is 0 Å². The van der Waals surface area contributed by atoms with Crippen LogP contribution in [-0.4, -0.2) is 18.1 Å². The minimum Gasteiger partial charge on any atom is -0.464 e. The highest BCUT2D eigenvalue weighted by Gasteiger charge is 2.18. The molecule has 0 aliphatic heterocycles. The average molecular weight is 218 g/mol. The number of anilines is 1. The molecule has 5 nitrogen and oxygen atoms in total. The van der Waals surface area contributed by atoms with Gasteiger partial charge in [-0.3, -0.25) is 4.79 Å². The fourth-order valence-electron chi connectivity index (χ4n) is 0.971. The van der Waals surface area contributed by atoms with Gasteiger partial charge >= 0.3 is 5.97 Å². The van der Waals surface area contributed by atoms with Crippen molar-refractivity contribution in [3.8, 4) is 0 Å². The van der Waals surface area contributed by atoms with Crippen molar-refractivity contribution in [3.63, 3.8) is 0 Å². The maximum atomic E-state index is 12.3. The van der Waals surface area contributed by atoms with Gasteiger partial charge in [0.1, 0.15) is 5.69 Å². The fraction of sp³-hybridized carbons (Fsp3) is 0.250. The number of aromatic amines is 1. The topological polar surface area (TPSA) is 85.2 Å². The lowest BCUT2D eigenvalue weighted by molar-refractivity contribution is 0.0593. The van der Waals surface area contributed by atoms with Crippen LogP contribution in [0.4, 0.5) is 14.5 Å². The van der Waals surface area contributed by atoms with E-state index in [9.17, 15) is 18.4 Å². The Bertz CT molecular complexity index is 442. The highest BCUT2D eigenvalue weighted by Crippen LogP contribution is 2.16. The van der Waals surface area contributed by atoms with Gasteiger partial charge in [0, 0.05) is 6.07 Å². The number of nitrogen functional groups attached to an aromatic ring is 1. The molecule has 0 fully saturated rings. The van der Waals surface area contributed by atoms with Crippen LogP contribution in [0.15, 0.2) is 10.9 Å². The number of methoxy groups -OCH3 is 1. The number of rotatable bonds is 2. The Balaban J connectivity index is 3.38. The molecule has 1 heterocycles. The molecular formula is C8H8F2N2O3. The summed E-state index contributed by atoms with van der Waals surface area (Å²) in [5.74, 6) is -0.966. The third-order valence-electron chi connectivity index (χ3n) is 1.72. The molecule has 1 aromatic rings. The van der Waals surface area contributed by atoms with Gasteiger partial charge in [-0.25, -0.2) is 13.6 Å². The normalized spacial score (nSPS) is 10.4. The molecule has 0 radical (unpaired) electrons. The Hall–Kier alpha value is -1.92. The summed E-state index contributed by atoms with van der Waals surface area (Å²) in [6, 6.07) is 0.645. The van der Waals surface area contributed by atoms with Crippen LogP contribution in [0.2, 0.25) is 0 Å². The van der Waals surface area contributed by atoms with E-state index in [4.69, 9.17) is 5.73 Å². The Kier molecular flexibility index (Phi) is 3.03. The third kappa shape index (κ3) is 2.12. The van der Waals surface area contributed by atoms with E-state index in [1.807, 2.05) is 0 Å². The van der Waals surface area contributed by atoms with Gasteiger partial charge in [-0.1, -0.05) is 0 Å². The highest BCUT2D eigenvalue weighted by atomic mass is 19.3. The highest BCUT2D eigenvalue weighted by molar-refractivity contribution is 5.92. The lowest BCUT2D eigenvalue weighted by Gasteiger charge is -2.06. The Morgan fingerprint density at radius 1 is 1.60 bits per heavy atom. The largest absolute Gasteiger partial charge is 0.464 e. The van der Waals surface area contributed by atoms with Crippen molar-refractivity contribution >= 4 is 11.7 Å². The molecule has 15 heavy (non-hydrogen) atoms. The third-order valence-corrected chi connectivity index (χ3v) is 1.72. The number of hydrogen-bond acceptors (Lipinski definition) is 4. The maximum Gasteiger partial charge on any atom is 0.356 e. The molecule has 0 spiro atoms. The van der Waals surface area contributed by atoms with E-state index in [2.05, 4.69) is 9.72 Å². The molecule has 3 N–H and O–H groups in total. The van der Waals surface area contributed by atoms with Crippen molar-refractivity contribution in [1.29, 1.82) is 0 Å². The van der Waals surface area contributed by atoms with Crippen LogP contribution in [0.1, 0.15) is 22.6 Å². The number of nitrogens with one attached hydrogen (secondary N) is 1. The van der Waals surface area contributed by atoms with E-state index in [0.717, 1.165) is 7.11 Å². The number of H-pyrrole nitrogens is 1. The number of esters is 1. The molecule has 0 aromatic carbocycles. The van der Waals surface area contributed by atoms with Gasteiger partial charge in [0.05, 0.1) is 12.8 Å². The van der Waals surface area contributed by atoms with E-state index in [1.54, 1.807) is 0 Å². The van der Waals surface area contributed by atoms with Crippen LogP contribution in [0.5, 0.6) is 0 Å². The molecule has 0 aliphatic carbocycles. The Morgan fingerprint density at radius 3 is 2.67 bits per heavy atom. The molecule has 0 saturated carbocycles. The number of pyridine rings is 1. The number of aromatic nitrogens is 1. The molecule has 0 bridgehead atoms. The number of hydrogen-bond donors (Lipinski definition) is 2. The zero-order valence-corrected chi connectivity index (χ0v) is 7.71. The predicted molar refractivity (Wildman–Crippen MR) is 47.8 cm³/mol. The number of halogens is 2. The summed E-state index contributed by atoms with van der Waals surface area (Å²) >= 11 is 0. The second-order valence-corrected chi connectivity index (χ2v) is 2.67. The second-order valence-electron chi connectivity index (χ2n) is 2.67. The quantitative estimate of drug-likeness (QED) is 0.715. The van der Waals surface area contributed by atoms with Gasteiger partial charge in [-0.15, -0.1) is 0 Å². The van der Waals surface area contributed by atoms with Gasteiger partial charge in [-0.05, 0) is 0 Å². The zero-order valence-electron chi connectivity index (χ0n) is 7.71. The average Bonchev–Trinajstić information content (AvgIpc) is 2.20. The van der Waals surface area contributed by atoms with Crippen LogP contribution in [0.25, 0.3) is 0 Å². The van der Waals surface area contributed by atoms with Crippen LogP contribution >= 0.6 is 0 Å². The van der Waals surface area contributed by atoms with Crippen molar-refractivity contribution in [2.24, 2.45) is 0 Å². The molecule has 7 heteroatoms. The summed E-state index contributed by atoms with van der Waals surface area (Å²) in [7, 11) is 1.05. The fourth-order valence-corrected chi connectivity index (χ4v) is 0.971. The summed E-state index contributed by atoms with van der Waals surface area (Å²) in [5, 5.41) is 0. The first-order valence-corrected chi connectivity index (χ1v) is 3.86. The van der Waals surface area contributed by atoms with E-state index in [0.29, 0.717) is 6.07 Å². The van der Waals surface area contributed by atoms with Crippen LogP contribution in [0, 0.1) is 0 Å². The van der Waals surface area contributed by atoms with E-state index >= 15 is 0 Å². The summed E-state index contributed by atoms with van der Waals surface area (Å²) in [6.07, 6.45) is -2.89. The van der Waals surface area contributed by atoms with Crippen molar-refractivity contribution in [1.82, 2.24) is 4.98 Å². The van der Waals surface area contributed by atoms with Crippen LogP contribution in [-0.2, 0) is 4.74 Å². The number of carbonyl (C=O) groups excluding carboxylic acids is 1. The number of ether oxygens (including phenoxy) is 1. The van der Waals surface area contributed by atoms with Crippen molar-refractivity contribution in [2.45, 2.75) is 6.43 Å². The van der Waals surface area contributed by atoms with Gasteiger partial charge in [0.25, 0.3) is 6.43 Å². The maximum absolute atomic E-state index is 12.3. The summed E-state index contributed by atoms with van der Waals surface area (Å²) in [6.45, 7) is 0. The predicted octanol–water partition coefficient (Wildman–Crippen LogP) is 0.681. The Morgan fingerprint density at radius 2 is 2.20 bits per heavy atom. The summed E-state index contributed by atoms with van der Waals surface area (Å²) in [5.41, 5.74) is 2.83.